The predicted octanol–water partition coefficient (Wildman–Crippen LogP) is 4.58. The van der Waals surface area contributed by atoms with Gasteiger partial charge in [-0.25, -0.2) is 4.98 Å². The van der Waals surface area contributed by atoms with Gasteiger partial charge in [0.2, 0.25) is 0 Å². The number of nitrogens with zero attached hydrogens (tertiary/aromatic N) is 3. The highest BCUT2D eigenvalue weighted by Crippen LogP contribution is 2.30. The molecule has 0 spiro atoms. The number of fused-ring (bicyclic) bond motifs is 1. The fourth-order valence-electron chi connectivity index (χ4n) is 2.92. The molecule has 25 heavy (non-hydrogen) atoms. The molecule has 0 radical (unpaired) electrons. The van der Waals surface area contributed by atoms with Crippen LogP contribution in [0, 0.1) is 0 Å². The van der Waals surface area contributed by atoms with Crippen LogP contribution in [-0.2, 0) is 7.05 Å². The van der Waals surface area contributed by atoms with E-state index in [1.54, 1.807) is 11.9 Å². The number of carbonyl (C=O) groups excluding carboxylic acids is 1. The summed E-state index contributed by atoms with van der Waals surface area (Å²) < 4.78 is 2.11. The van der Waals surface area contributed by atoms with Crippen molar-refractivity contribution in [2.45, 2.75) is 0 Å². The van der Waals surface area contributed by atoms with Crippen LogP contribution in [0.2, 0.25) is 0 Å². The molecule has 2 aromatic heterocycles. The summed E-state index contributed by atoms with van der Waals surface area (Å²) in [7, 11) is 3.80. The Morgan fingerprint density at radius 1 is 1.08 bits per heavy atom. The maximum absolute atomic E-state index is 12.7. The third-order valence-corrected chi connectivity index (χ3v) is 5.21. The molecule has 0 atom stereocenters. The maximum Gasteiger partial charge on any atom is 0.277 e. The molecule has 1 amide bonds. The number of benzene rings is 2. The SMILES string of the molecule is CN(C(=O)c1csc(-c2cc3ccccc3n2C)n1)c1ccccc1. The molecule has 124 valence electrons. The number of anilines is 1. The Morgan fingerprint density at radius 3 is 2.56 bits per heavy atom. The number of thiazole rings is 1. The van der Waals surface area contributed by atoms with Gasteiger partial charge in [-0.15, -0.1) is 11.3 Å². The zero-order valence-electron chi connectivity index (χ0n) is 14.0. The van der Waals surface area contributed by atoms with Crippen molar-refractivity contribution in [3.05, 3.63) is 71.7 Å². The van der Waals surface area contributed by atoms with Gasteiger partial charge in [0.1, 0.15) is 10.7 Å². The zero-order valence-corrected chi connectivity index (χ0v) is 14.8. The fraction of sp³-hybridized carbons (Fsp3) is 0.100. The average Bonchev–Trinajstić information content (AvgIpc) is 3.27. The molecule has 0 unspecified atom stereocenters. The second kappa shape index (κ2) is 6.18. The molecule has 4 rings (SSSR count). The molecule has 4 nitrogen and oxygen atoms in total. The number of hydrogen-bond acceptors (Lipinski definition) is 3. The van der Waals surface area contributed by atoms with E-state index in [0.29, 0.717) is 5.69 Å². The summed E-state index contributed by atoms with van der Waals surface area (Å²) in [5.74, 6) is -0.104. The van der Waals surface area contributed by atoms with E-state index in [0.717, 1.165) is 21.9 Å². The Balaban J connectivity index is 1.68. The van der Waals surface area contributed by atoms with Crippen LogP contribution in [-0.4, -0.2) is 22.5 Å². The quantitative estimate of drug-likeness (QED) is 0.544. The van der Waals surface area contributed by atoms with Gasteiger partial charge < -0.3 is 9.47 Å². The first kappa shape index (κ1) is 15.6. The number of amides is 1. The lowest BCUT2D eigenvalue weighted by atomic mass is 10.2. The van der Waals surface area contributed by atoms with Crippen LogP contribution in [0.4, 0.5) is 5.69 Å². The molecule has 0 bridgehead atoms. The van der Waals surface area contributed by atoms with Crippen LogP contribution in [0.25, 0.3) is 21.6 Å². The Kier molecular flexibility index (Phi) is 3.86. The Hall–Kier alpha value is -2.92. The minimum Gasteiger partial charge on any atom is -0.342 e. The van der Waals surface area contributed by atoms with Gasteiger partial charge in [-0.3, -0.25) is 4.79 Å². The van der Waals surface area contributed by atoms with E-state index in [1.165, 1.54) is 16.7 Å². The highest BCUT2D eigenvalue weighted by molar-refractivity contribution is 7.13. The van der Waals surface area contributed by atoms with E-state index in [4.69, 9.17) is 0 Å². The summed E-state index contributed by atoms with van der Waals surface area (Å²) >= 11 is 1.49. The second-order valence-electron chi connectivity index (χ2n) is 5.89. The molecular formula is C20H17N3OS. The molecule has 0 saturated heterocycles. The number of aryl methyl sites for hydroxylation is 1. The number of hydrogen-bond donors (Lipinski definition) is 0. The van der Waals surface area contributed by atoms with Gasteiger partial charge in [0.15, 0.2) is 0 Å². The molecule has 0 fully saturated rings. The van der Waals surface area contributed by atoms with Crippen molar-refractivity contribution in [1.82, 2.24) is 9.55 Å². The van der Waals surface area contributed by atoms with E-state index >= 15 is 0 Å². The number of rotatable bonds is 3. The summed E-state index contributed by atoms with van der Waals surface area (Å²) in [5.41, 5.74) is 3.50. The Bertz CT molecular complexity index is 1050. The van der Waals surface area contributed by atoms with Crippen molar-refractivity contribution >= 4 is 33.8 Å². The minimum absolute atomic E-state index is 0.104. The molecule has 2 heterocycles. The van der Waals surface area contributed by atoms with Gasteiger partial charge in [0, 0.05) is 36.1 Å². The first-order chi connectivity index (χ1) is 12.1. The first-order valence-electron chi connectivity index (χ1n) is 7.98. The maximum atomic E-state index is 12.7. The van der Waals surface area contributed by atoms with Gasteiger partial charge >= 0.3 is 0 Å². The van der Waals surface area contributed by atoms with Crippen molar-refractivity contribution in [1.29, 1.82) is 0 Å². The Labute approximate surface area is 150 Å². The van der Waals surface area contributed by atoms with Gasteiger partial charge in [-0.2, -0.15) is 0 Å². The lowest BCUT2D eigenvalue weighted by Gasteiger charge is -2.15. The van der Waals surface area contributed by atoms with Crippen molar-refractivity contribution in [3.8, 4) is 10.7 Å². The van der Waals surface area contributed by atoms with Gasteiger partial charge in [-0.1, -0.05) is 36.4 Å². The van der Waals surface area contributed by atoms with E-state index in [1.807, 2.05) is 54.9 Å². The highest BCUT2D eigenvalue weighted by Gasteiger charge is 2.18. The van der Waals surface area contributed by atoms with Gasteiger partial charge in [-0.05, 0) is 24.3 Å². The number of para-hydroxylation sites is 2. The summed E-state index contributed by atoms with van der Waals surface area (Å²) in [6.07, 6.45) is 0. The van der Waals surface area contributed by atoms with Crippen LogP contribution in [0.3, 0.4) is 0 Å². The fourth-order valence-corrected chi connectivity index (χ4v) is 3.77. The molecule has 0 saturated carbocycles. The smallest absolute Gasteiger partial charge is 0.277 e. The average molecular weight is 347 g/mol. The molecule has 2 aromatic carbocycles. The lowest BCUT2D eigenvalue weighted by Crippen LogP contribution is -2.26. The zero-order chi connectivity index (χ0) is 17.4. The number of aromatic nitrogens is 2. The van der Waals surface area contributed by atoms with Crippen molar-refractivity contribution in [2.75, 3.05) is 11.9 Å². The van der Waals surface area contributed by atoms with E-state index in [-0.39, 0.29) is 5.91 Å². The third kappa shape index (κ3) is 2.72. The van der Waals surface area contributed by atoms with Crippen LogP contribution in [0.15, 0.2) is 66.0 Å². The van der Waals surface area contributed by atoms with E-state index in [2.05, 4.69) is 27.8 Å². The second-order valence-corrected chi connectivity index (χ2v) is 6.74. The summed E-state index contributed by atoms with van der Waals surface area (Å²) in [4.78, 5) is 18.9. The molecule has 0 aliphatic carbocycles. The van der Waals surface area contributed by atoms with E-state index < -0.39 is 0 Å². The molecule has 0 N–H and O–H groups in total. The molecule has 0 aliphatic heterocycles. The molecule has 5 heteroatoms. The van der Waals surface area contributed by atoms with E-state index in [9.17, 15) is 4.79 Å². The number of carbonyl (C=O) groups is 1. The van der Waals surface area contributed by atoms with Crippen molar-refractivity contribution < 1.29 is 4.79 Å². The normalized spacial score (nSPS) is 11.0. The van der Waals surface area contributed by atoms with Crippen LogP contribution >= 0.6 is 11.3 Å². The minimum atomic E-state index is -0.104. The summed E-state index contributed by atoms with van der Waals surface area (Å²) in [6, 6.07) is 19.9. The highest BCUT2D eigenvalue weighted by atomic mass is 32.1. The van der Waals surface area contributed by atoms with Crippen LogP contribution in [0.5, 0.6) is 0 Å². The largest absolute Gasteiger partial charge is 0.342 e. The van der Waals surface area contributed by atoms with Gasteiger partial charge in [0.05, 0.1) is 5.69 Å². The van der Waals surface area contributed by atoms with Crippen molar-refractivity contribution in [2.24, 2.45) is 7.05 Å². The summed E-state index contributed by atoms with van der Waals surface area (Å²) in [5, 5.41) is 3.85. The molecule has 0 aliphatic rings. The standard InChI is InChI=1S/C20H17N3OS/c1-22(15-9-4-3-5-10-15)20(24)16-13-25-19(21-16)18-12-14-8-6-7-11-17(14)23(18)2/h3-13H,1-2H3. The molecule has 4 aromatic rings. The first-order valence-corrected chi connectivity index (χ1v) is 8.86. The summed E-state index contributed by atoms with van der Waals surface area (Å²) in [6.45, 7) is 0. The Morgan fingerprint density at radius 2 is 1.80 bits per heavy atom. The predicted molar refractivity (Wildman–Crippen MR) is 103 cm³/mol. The van der Waals surface area contributed by atoms with Crippen molar-refractivity contribution in [3.63, 3.8) is 0 Å². The topological polar surface area (TPSA) is 38.1 Å². The van der Waals surface area contributed by atoms with Gasteiger partial charge in [0.25, 0.3) is 5.91 Å². The lowest BCUT2D eigenvalue weighted by molar-refractivity contribution is 0.0989. The van der Waals surface area contributed by atoms with Crippen LogP contribution in [0.1, 0.15) is 10.5 Å². The monoisotopic (exact) mass is 347 g/mol. The third-order valence-electron chi connectivity index (χ3n) is 4.34. The molecular weight excluding hydrogens is 330 g/mol. The van der Waals surface area contributed by atoms with Crippen LogP contribution < -0.4 is 4.90 Å².